The van der Waals surface area contributed by atoms with E-state index in [1.165, 1.54) is 0 Å². The Labute approximate surface area is 176 Å². The van der Waals surface area contributed by atoms with E-state index in [4.69, 9.17) is 11.6 Å². The molecule has 0 aliphatic rings. The van der Waals surface area contributed by atoms with E-state index in [1.807, 2.05) is 62.4 Å². The van der Waals surface area contributed by atoms with Gasteiger partial charge in [-0.1, -0.05) is 48.0 Å². The molecule has 2 aromatic rings. The van der Waals surface area contributed by atoms with Crippen molar-refractivity contribution in [1.82, 2.24) is 10.2 Å². The standard InChI is InChI=1S/C22H27ClN2O2S/c1-16(2)24-22(27)17(3)25(15-18-9-7-8-12-20(18)23)21(26)13-14-28-19-10-5-4-6-11-19/h4-12,16-17H,13-15H2,1-3H3,(H,24,27). The van der Waals surface area contributed by atoms with Gasteiger partial charge in [0.2, 0.25) is 11.8 Å². The van der Waals surface area contributed by atoms with E-state index in [9.17, 15) is 9.59 Å². The van der Waals surface area contributed by atoms with Crippen molar-refractivity contribution >= 4 is 35.2 Å². The molecule has 0 spiro atoms. The molecule has 1 N–H and O–H groups in total. The van der Waals surface area contributed by atoms with E-state index in [2.05, 4.69) is 5.32 Å². The minimum absolute atomic E-state index is 0.0147. The zero-order valence-corrected chi connectivity index (χ0v) is 18.1. The zero-order chi connectivity index (χ0) is 20.5. The molecule has 0 fully saturated rings. The number of carbonyl (C=O) groups excluding carboxylic acids is 2. The van der Waals surface area contributed by atoms with Crippen molar-refractivity contribution in [3.8, 4) is 0 Å². The van der Waals surface area contributed by atoms with Gasteiger partial charge in [-0.3, -0.25) is 9.59 Å². The van der Waals surface area contributed by atoms with E-state index < -0.39 is 6.04 Å². The number of nitrogens with zero attached hydrogens (tertiary/aromatic N) is 1. The minimum Gasteiger partial charge on any atom is -0.352 e. The van der Waals surface area contributed by atoms with Crippen LogP contribution in [0.1, 0.15) is 32.8 Å². The Kier molecular flexibility index (Phi) is 8.87. The number of benzene rings is 2. The Bertz CT molecular complexity index is 783. The van der Waals surface area contributed by atoms with Crippen LogP contribution in [0.5, 0.6) is 0 Å². The number of carbonyl (C=O) groups is 2. The van der Waals surface area contributed by atoms with Crippen LogP contribution in [0, 0.1) is 0 Å². The van der Waals surface area contributed by atoms with Crippen molar-refractivity contribution in [2.75, 3.05) is 5.75 Å². The smallest absolute Gasteiger partial charge is 0.242 e. The van der Waals surface area contributed by atoms with E-state index in [-0.39, 0.29) is 17.9 Å². The second-order valence-electron chi connectivity index (χ2n) is 6.86. The number of hydrogen-bond donors (Lipinski definition) is 1. The molecule has 0 heterocycles. The topological polar surface area (TPSA) is 49.4 Å². The molecule has 1 atom stereocenters. The first-order valence-electron chi connectivity index (χ1n) is 9.39. The van der Waals surface area contributed by atoms with Crippen LogP contribution in [0.15, 0.2) is 59.5 Å². The first-order valence-corrected chi connectivity index (χ1v) is 10.8. The molecule has 0 aromatic heterocycles. The SMILES string of the molecule is CC(C)NC(=O)C(C)N(Cc1ccccc1Cl)C(=O)CCSc1ccccc1. The number of halogens is 1. The first-order chi connectivity index (χ1) is 13.4. The normalized spacial score (nSPS) is 11.9. The van der Waals surface area contributed by atoms with E-state index in [1.54, 1.807) is 29.7 Å². The molecule has 6 heteroatoms. The lowest BCUT2D eigenvalue weighted by molar-refractivity contribution is -0.140. The zero-order valence-electron chi connectivity index (χ0n) is 16.5. The van der Waals surface area contributed by atoms with Gasteiger partial charge in [0.25, 0.3) is 0 Å². The van der Waals surface area contributed by atoms with Crippen LogP contribution in [0.4, 0.5) is 0 Å². The molecule has 150 valence electrons. The molecule has 0 radical (unpaired) electrons. The predicted molar refractivity (Wildman–Crippen MR) is 117 cm³/mol. The Hall–Kier alpha value is -1.98. The Morgan fingerprint density at radius 2 is 1.68 bits per heavy atom. The van der Waals surface area contributed by atoms with Gasteiger partial charge in [0.1, 0.15) is 6.04 Å². The van der Waals surface area contributed by atoms with Gasteiger partial charge in [-0.25, -0.2) is 0 Å². The maximum absolute atomic E-state index is 13.0. The fourth-order valence-electron chi connectivity index (χ4n) is 2.71. The van der Waals surface area contributed by atoms with Crippen molar-refractivity contribution in [1.29, 1.82) is 0 Å². The Morgan fingerprint density at radius 3 is 2.32 bits per heavy atom. The largest absolute Gasteiger partial charge is 0.352 e. The first kappa shape index (κ1) is 22.3. The summed E-state index contributed by atoms with van der Waals surface area (Å²) in [5.41, 5.74) is 0.831. The maximum atomic E-state index is 13.0. The minimum atomic E-state index is -0.576. The molecule has 0 aliphatic carbocycles. The highest BCUT2D eigenvalue weighted by Crippen LogP contribution is 2.21. The van der Waals surface area contributed by atoms with Crippen molar-refractivity contribution in [2.45, 2.75) is 50.7 Å². The van der Waals surface area contributed by atoms with Crippen LogP contribution in [0.2, 0.25) is 5.02 Å². The third-order valence-electron chi connectivity index (χ3n) is 4.22. The van der Waals surface area contributed by atoms with Crippen LogP contribution in [0.25, 0.3) is 0 Å². The summed E-state index contributed by atoms with van der Waals surface area (Å²) in [6.07, 6.45) is 0.351. The number of rotatable bonds is 9. The van der Waals surface area contributed by atoms with Crippen molar-refractivity contribution in [2.24, 2.45) is 0 Å². The summed E-state index contributed by atoms with van der Waals surface area (Å²) in [5.74, 6) is 0.432. The highest BCUT2D eigenvalue weighted by atomic mass is 35.5. The molecule has 0 saturated carbocycles. The van der Waals surface area contributed by atoms with Gasteiger partial charge >= 0.3 is 0 Å². The number of thioether (sulfide) groups is 1. The predicted octanol–water partition coefficient (Wildman–Crippen LogP) is 4.76. The molecular formula is C22H27ClN2O2S. The van der Waals surface area contributed by atoms with Gasteiger partial charge < -0.3 is 10.2 Å². The molecule has 1 unspecified atom stereocenters. The lowest BCUT2D eigenvalue weighted by Crippen LogP contribution is -2.49. The van der Waals surface area contributed by atoms with Crippen LogP contribution in [-0.2, 0) is 16.1 Å². The molecule has 4 nitrogen and oxygen atoms in total. The summed E-state index contributed by atoms with van der Waals surface area (Å²) >= 11 is 7.92. The molecule has 2 aromatic carbocycles. The number of hydrogen-bond acceptors (Lipinski definition) is 3. The summed E-state index contributed by atoms with van der Waals surface area (Å²) in [6, 6.07) is 16.8. The van der Waals surface area contributed by atoms with E-state index in [0.29, 0.717) is 23.7 Å². The molecule has 0 bridgehead atoms. The van der Waals surface area contributed by atoms with Crippen molar-refractivity contribution < 1.29 is 9.59 Å². The van der Waals surface area contributed by atoms with Crippen LogP contribution in [0.3, 0.4) is 0 Å². The van der Waals surface area contributed by atoms with Gasteiger partial charge in [-0.15, -0.1) is 11.8 Å². The van der Waals surface area contributed by atoms with Gasteiger partial charge in [0.15, 0.2) is 0 Å². The maximum Gasteiger partial charge on any atom is 0.242 e. The van der Waals surface area contributed by atoms with Crippen LogP contribution in [-0.4, -0.2) is 34.6 Å². The Morgan fingerprint density at radius 1 is 1.04 bits per heavy atom. The second-order valence-corrected chi connectivity index (χ2v) is 8.44. The number of amides is 2. The lowest BCUT2D eigenvalue weighted by Gasteiger charge is -2.29. The highest BCUT2D eigenvalue weighted by molar-refractivity contribution is 7.99. The van der Waals surface area contributed by atoms with Gasteiger partial charge in [-0.05, 0) is 44.5 Å². The average molecular weight is 419 g/mol. The second kappa shape index (κ2) is 11.1. The van der Waals surface area contributed by atoms with Crippen LogP contribution >= 0.6 is 23.4 Å². The fourth-order valence-corrected chi connectivity index (χ4v) is 3.77. The van der Waals surface area contributed by atoms with Gasteiger partial charge in [0, 0.05) is 34.7 Å². The van der Waals surface area contributed by atoms with Crippen LogP contribution < -0.4 is 5.32 Å². The lowest BCUT2D eigenvalue weighted by atomic mass is 10.1. The average Bonchev–Trinajstić information content (AvgIpc) is 2.67. The van der Waals surface area contributed by atoms with Gasteiger partial charge in [0.05, 0.1) is 0 Å². The fraction of sp³-hybridized carbons (Fsp3) is 0.364. The summed E-state index contributed by atoms with van der Waals surface area (Å²) in [7, 11) is 0. The Balaban J connectivity index is 2.08. The summed E-state index contributed by atoms with van der Waals surface area (Å²) < 4.78 is 0. The monoisotopic (exact) mass is 418 g/mol. The third-order valence-corrected chi connectivity index (χ3v) is 5.61. The molecule has 2 rings (SSSR count). The van der Waals surface area contributed by atoms with Gasteiger partial charge in [-0.2, -0.15) is 0 Å². The van der Waals surface area contributed by atoms with E-state index >= 15 is 0 Å². The summed E-state index contributed by atoms with van der Waals surface area (Å²) in [6.45, 7) is 5.88. The molecule has 2 amide bonds. The van der Waals surface area contributed by atoms with E-state index in [0.717, 1.165) is 10.5 Å². The summed E-state index contributed by atoms with van der Waals surface area (Å²) in [4.78, 5) is 28.2. The summed E-state index contributed by atoms with van der Waals surface area (Å²) in [5, 5.41) is 3.48. The van der Waals surface area contributed by atoms with Crippen molar-refractivity contribution in [3.63, 3.8) is 0 Å². The molecule has 28 heavy (non-hydrogen) atoms. The third kappa shape index (κ3) is 6.88. The van der Waals surface area contributed by atoms with Crippen molar-refractivity contribution in [3.05, 3.63) is 65.2 Å². The number of nitrogens with one attached hydrogen (secondary N) is 1. The molecule has 0 saturated heterocycles. The quantitative estimate of drug-likeness (QED) is 0.597. The molecule has 0 aliphatic heterocycles. The highest BCUT2D eigenvalue weighted by Gasteiger charge is 2.26. The molecular weight excluding hydrogens is 392 g/mol.